The number of methoxy groups -OCH3 is 1. The van der Waals surface area contributed by atoms with Gasteiger partial charge >= 0.3 is 6.09 Å². The summed E-state index contributed by atoms with van der Waals surface area (Å²) in [5.74, 6) is -4.80. The number of aliphatic hydroxyl groups excluding tert-OH is 1. The van der Waals surface area contributed by atoms with Crippen LogP contribution in [0.15, 0.2) is 89.8 Å². The smallest absolute Gasteiger partial charge is 0.407 e. The first-order chi connectivity index (χ1) is 24.3. The van der Waals surface area contributed by atoms with Crippen LogP contribution >= 0.6 is 0 Å². The average Bonchev–Trinajstić information content (AvgIpc) is 3.09. The summed E-state index contributed by atoms with van der Waals surface area (Å²) in [5.41, 5.74) is 7.36. The van der Waals surface area contributed by atoms with Crippen LogP contribution in [0.4, 0.5) is 10.5 Å². The number of carbonyl (C=O) groups is 2. The number of sulfonamides is 1. The van der Waals surface area contributed by atoms with Gasteiger partial charge in [0, 0.05) is 41.7 Å². The molecule has 3 rings (SSSR count). The summed E-state index contributed by atoms with van der Waals surface area (Å²) >= 11 is 0. The Morgan fingerprint density at radius 2 is 1.59 bits per heavy atom. The fourth-order valence-corrected chi connectivity index (χ4v) is 6.30. The van der Waals surface area contributed by atoms with Crippen molar-refractivity contribution in [3.05, 3.63) is 96.1 Å². The molecule has 0 bridgehead atoms. The van der Waals surface area contributed by atoms with Gasteiger partial charge in [-0.05, 0) is 54.1 Å². The first kappa shape index (κ1) is 24.4. The first-order valence-electron chi connectivity index (χ1n) is 18.0. The number of ether oxygens (including phenoxy) is 1. The third-order valence-corrected chi connectivity index (χ3v) is 8.76. The van der Waals surface area contributed by atoms with Crippen molar-refractivity contribution in [1.82, 2.24) is 14.9 Å². The molecule has 1 unspecified atom stereocenters. The Labute approximate surface area is 271 Å². The van der Waals surface area contributed by atoms with Gasteiger partial charge in [-0.2, -0.15) is 4.31 Å². The molecular formula is C33H44N4O6S. The fourth-order valence-electron chi connectivity index (χ4n) is 4.77. The summed E-state index contributed by atoms with van der Waals surface area (Å²) in [6, 6.07) is 20.1. The maximum atomic E-state index is 14.0. The molecule has 0 radical (unpaired) electrons. The Balaban J connectivity index is 1.87. The zero-order valence-electron chi connectivity index (χ0n) is 32.3. The second-order valence-corrected chi connectivity index (χ2v) is 11.8. The van der Waals surface area contributed by atoms with Gasteiger partial charge in [0.05, 0.1) is 18.6 Å². The van der Waals surface area contributed by atoms with Crippen molar-refractivity contribution in [3.63, 3.8) is 0 Å². The monoisotopic (exact) mass is 632 g/mol. The van der Waals surface area contributed by atoms with Gasteiger partial charge in [0.25, 0.3) is 0 Å². The molecular weight excluding hydrogens is 580 g/mol. The molecule has 238 valence electrons. The van der Waals surface area contributed by atoms with Crippen LogP contribution in [0.25, 0.3) is 0 Å². The van der Waals surface area contributed by atoms with Crippen LogP contribution in [-0.4, -0.2) is 68.7 Å². The van der Waals surface area contributed by atoms with E-state index >= 15 is 0 Å². The van der Waals surface area contributed by atoms with Crippen molar-refractivity contribution in [1.29, 1.82) is 0 Å². The van der Waals surface area contributed by atoms with Gasteiger partial charge in [0.15, 0.2) is 0 Å². The number of nitrogens with zero attached hydrogens (tertiary/aromatic N) is 1. The minimum Gasteiger partial charge on any atom is -0.453 e. The molecule has 0 fully saturated rings. The van der Waals surface area contributed by atoms with Gasteiger partial charge in [-0.25, -0.2) is 13.2 Å². The summed E-state index contributed by atoms with van der Waals surface area (Å²) in [4.78, 5) is 25.6. The summed E-state index contributed by atoms with van der Waals surface area (Å²) in [6.07, 6.45) is -0.782. The Kier molecular flexibility index (Phi) is 9.31. The zero-order valence-corrected chi connectivity index (χ0v) is 25.2. The molecule has 2 amide bonds. The molecule has 0 aliphatic carbocycles. The number of unbranched alkanes of at least 4 members (excludes halogenated alkanes) is 1. The molecule has 0 aromatic heterocycles. The topological polar surface area (TPSA) is 151 Å². The van der Waals surface area contributed by atoms with Crippen LogP contribution in [0.2, 0.25) is 0 Å². The van der Waals surface area contributed by atoms with Gasteiger partial charge in [-0.3, -0.25) is 4.79 Å². The number of hydrogen-bond donors (Lipinski definition) is 4. The number of benzene rings is 3. The Morgan fingerprint density at radius 3 is 2.11 bits per heavy atom. The molecule has 3 aromatic rings. The lowest BCUT2D eigenvalue weighted by molar-refractivity contribution is -0.123. The zero-order chi connectivity index (χ0) is 38.9. The molecule has 0 aliphatic rings. The molecule has 3 aromatic carbocycles. The summed E-state index contributed by atoms with van der Waals surface area (Å²) in [5, 5.41) is 15.8. The number of aliphatic hydroxyl groups is 1. The Hall–Kier alpha value is -3.93. The van der Waals surface area contributed by atoms with Gasteiger partial charge in [-0.1, -0.05) is 80.8 Å². The van der Waals surface area contributed by atoms with Gasteiger partial charge < -0.3 is 26.2 Å². The van der Waals surface area contributed by atoms with Crippen molar-refractivity contribution in [2.45, 2.75) is 55.9 Å². The molecule has 0 saturated carbocycles. The van der Waals surface area contributed by atoms with E-state index in [2.05, 4.69) is 10.6 Å². The molecule has 0 heterocycles. The highest BCUT2D eigenvalue weighted by Gasteiger charge is 2.33. The number of nitrogens with two attached hydrogens (primary N) is 1. The SMILES string of the molecule is [2H]C(N([C@H](CO)CCCCNC(=O)[C@@H](NC(=O)OC)C(c1ccccc1)c1ccccc1)S(=O)(=O)c1ccc(N)cc1)C([2H])(C([2H])([2H])[2H])C([2H])([2H])[2H]. The van der Waals surface area contributed by atoms with E-state index in [0.29, 0.717) is 0 Å². The highest BCUT2D eigenvalue weighted by molar-refractivity contribution is 7.89. The summed E-state index contributed by atoms with van der Waals surface area (Å²) in [7, 11) is -3.72. The molecule has 0 saturated heterocycles. The van der Waals surface area contributed by atoms with Crippen molar-refractivity contribution in [3.8, 4) is 0 Å². The van der Waals surface area contributed by atoms with Gasteiger partial charge in [-0.15, -0.1) is 0 Å². The lowest BCUT2D eigenvalue weighted by atomic mass is 9.84. The van der Waals surface area contributed by atoms with E-state index in [0.717, 1.165) is 23.3 Å². The van der Waals surface area contributed by atoms with E-state index in [4.69, 9.17) is 21.4 Å². The quantitative estimate of drug-likeness (QED) is 0.137. The predicted molar refractivity (Wildman–Crippen MR) is 171 cm³/mol. The van der Waals surface area contributed by atoms with E-state index in [9.17, 15) is 23.1 Å². The van der Waals surface area contributed by atoms with Crippen molar-refractivity contribution in [2.75, 3.05) is 32.5 Å². The molecule has 10 nitrogen and oxygen atoms in total. The largest absolute Gasteiger partial charge is 0.453 e. The number of alkyl carbamates (subject to hydrolysis) is 1. The van der Waals surface area contributed by atoms with Gasteiger partial charge in [0.2, 0.25) is 15.9 Å². The molecule has 44 heavy (non-hydrogen) atoms. The van der Waals surface area contributed by atoms with Crippen LogP contribution in [0.3, 0.4) is 0 Å². The van der Waals surface area contributed by atoms with Gasteiger partial charge in [0.1, 0.15) is 6.04 Å². The second kappa shape index (κ2) is 16.8. The highest BCUT2D eigenvalue weighted by atomic mass is 32.2. The second-order valence-electron chi connectivity index (χ2n) is 9.98. The van der Waals surface area contributed by atoms with Crippen LogP contribution in [-0.2, 0) is 19.6 Å². The average molecular weight is 633 g/mol. The maximum Gasteiger partial charge on any atom is 0.407 e. The molecule has 5 N–H and O–H groups in total. The Bertz CT molecular complexity index is 1660. The van der Waals surface area contributed by atoms with Crippen LogP contribution < -0.4 is 16.4 Å². The number of carbonyl (C=O) groups excluding carboxylic acids is 2. The van der Waals surface area contributed by atoms with Crippen LogP contribution in [0.5, 0.6) is 0 Å². The van der Waals surface area contributed by atoms with E-state index in [-0.39, 0.29) is 35.8 Å². The Morgan fingerprint density at radius 1 is 1.00 bits per heavy atom. The van der Waals surface area contributed by atoms with Crippen molar-refractivity contribution in [2.24, 2.45) is 5.89 Å². The summed E-state index contributed by atoms with van der Waals surface area (Å²) < 4.78 is 97.4. The normalized spacial score (nSPS) is 17.3. The number of anilines is 1. The molecule has 0 aliphatic heterocycles. The minimum atomic E-state index is -4.89. The van der Waals surface area contributed by atoms with E-state index in [1.165, 1.54) is 19.2 Å². The standard InChI is InChI=1S/C33H44N4O6S/c1-24(2)22-37(44(41,42)29-19-17-27(34)18-20-29)28(23-38)16-10-11-21-35-32(39)31(36-33(40)43-3)30(25-12-6-4-7-13-25)26-14-8-5-9-15-26/h4-9,12-15,17-20,24,28,30-31,38H,10-11,16,21-23,34H2,1-3H3,(H,35,39)(H,36,40)/t28-,31-/m0/s1/i1D3,2D3,22D,24D/t22?,28-,31-. The predicted octanol–water partition coefficient (Wildman–Crippen LogP) is 4.12. The molecule has 3 atom stereocenters. The van der Waals surface area contributed by atoms with Crippen LogP contribution in [0.1, 0.15) is 61.0 Å². The van der Waals surface area contributed by atoms with Crippen molar-refractivity contribution >= 4 is 27.7 Å². The van der Waals surface area contributed by atoms with Crippen LogP contribution in [0, 0.1) is 5.89 Å². The molecule has 11 heteroatoms. The third-order valence-electron chi connectivity index (χ3n) is 6.94. The number of nitrogens with one attached hydrogen (secondary N) is 2. The number of rotatable bonds is 16. The van der Waals surface area contributed by atoms with E-state index in [1.807, 2.05) is 36.4 Å². The minimum absolute atomic E-state index is 0.00851. The number of nitrogen functional groups attached to an aromatic ring is 1. The lowest BCUT2D eigenvalue weighted by Gasteiger charge is -2.31. The number of amides is 2. The first-order valence-corrected chi connectivity index (χ1v) is 15.4. The lowest BCUT2D eigenvalue weighted by Crippen LogP contribution is -2.50. The fraction of sp³-hybridized carbons (Fsp3) is 0.394. The highest BCUT2D eigenvalue weighted by Crippen LogP contribution is 2.29. The molecule has 0 spiro atoms. The summed E-state index contributed by atoms with van der Waals surface area (Å²) in [6.45, 7) is -10.9. The third kappa shape index (κ3) is 9.54. The van der Waals surface area contributed by atoms with E-state index in [1.54, 1.807) is 24.3 Å². The van der Waals surface area contributed by atoms with E-state index < -0.39 is 77.6 Å². The van der Waals surface area contributed by atoms with Crippen molar-refractivity contribution < 1.29 is 38.8 Å². The number of hydrogen-bond acceptors (Lipinski definition) is 7. The maximum absolute atomic E-state index is 14.0.